The van der Waals surface area contributed by atoms with E-state index in [0.29, 0.717) is 6.42 Å². The van der Waals surface area contributed by atoms with Crippen molar-refractivity contribution in [3.8, 4) is 0 Å². The molecule has 94 valence electrons. The van der Waals surface area contributed by atoms with Crippen molar-refractivity contribution in [1.82, 2.24) is 5.32 Å². The number of carbonyl (C=O) groups excluding carboxylic acids is 1. The molecule has 0 unspecified atom stereocenters. The summed E-state index contributed by atoms with van der Waals surface area (Å²) in [4.78, 5) is 22.1. The van der Waals surface area contributed by atoms with E-state index in [0.717, 1.165) is 5.75 Å². The lowest BCUT2D eigenvalue weighted by Crippen LogP contribution is -2.48. The van der Waals surface area contributed by atoms with Crippen LogP contribution < -0.4 is 11.1 Å². The van der Waals surface area contributed by atoms with Gasteiger partial charge in [-0.15, -0.1) is 0 Å². The first-order chi connectivity index (χ1) is 7.52. The third-order valence-electron chi connectivity index (χ3n) is 2.00. The third-order valence-corrected chi connectivity index (χ3v) is 2.65. The van der Waals surface area contributed by atoms with Crippen molar-refractivity contribution in [1.29, 1.82) is 0 Å². The van der Waals surface area contributed by atoms with Crippen LogP contribution in [0.15, 0.2) is 0 Å². The van der Waals surface area contributed by atoms with Gasteiger partial charge in [0.15, 0.2) is 0 Å². The monoisotopic (exact) mass is 250 g/mol. The van der Waals surface area contributed by atoms with E-state index in [-0.39, 0.29) is 13.0 Å². The number of nitrogens with one attached hydrogen (secondary N) is 1. The summed E-state index contributed by atoms with van der Waals surface area (Å²) in [5.41, 5.74) is 5.57. The van der Waals surface area contributed by atoms with Crippen LogP contribution in [-0.2, 0) is 9.59 Å². The number of amides is 1. The molecule has 0 saturated carbocycles. The molecule has 0 aromatic heterocycles. The van der Waals surface area contributed by atoms with Crippen LogP contribution in [0.25, 0.3) is 0 Å². The number of aliphatic hydroxyl groups excluding tert-OH is 1. The molecule has 1 amide bonds. The lowest BCUT2D eigenvalue weighted by atomic mass is 10.1. The van der Waals surface area contributed by atoms with Crippen molar-refractivity contribution < 1.29 is 19.8 Å². The molecular formula is C9H18N2O4S. The van der Waals surface area contributed by atoms with E-state index in [1.807, 2.05) is 6.26 Å². The predicted octanol–water partition coefficient (Wildman–Crippen LogP) is -0.981. The van der Waals surface area contributed by atoms with E-state index in [2.05, 4.69) is 5.32 Å². The van der Waals surface area contributed by atoms with Gasteiger partial charge in [-0.2, -0.15) is 11.8 Å². The summed E-state index contributed by atoms with van der Waals surface area (Å²) in [5.74, 6) is -0.916. The number of carboxylic acids is 1. The molecule has 0 rings (SSSR count). The molecule has 0 saturated heterocycles. The Hall–Kier alpha value is -0.790. The number of nitrogens with two attached hydrogens (primary N) is 1. The maximum absolute atomic E-state index is 11.4. The summed E-state index contributed by atoms with van der Waals surface area (Å²) in [6.45, 7) is -0.294. The molecule has 2 atom stereocenters. The van der Waals surface area contributed by atoms with Gasteiger partial charge in [0.05, 0.1) is 6.04 Å². The van der Waals surface area contributed by atoms with E-state index in [4.69, 9.17) is 15.9 Å². The van der Waals surface area contributed by atoms with Crippen molar-refractivity contribution in [2.75, 3.05) is 18.6 Å². The number of hydrogen-bond donors (Lipinski definition) is 4. The molecule has 0 fully saturated rings. The molecule has 0 aromatic carbocycles. The van der Waals surface area contributed by atoms with E-state index in [9.17, 15) is 9.59 Å². The largest absolute Gasteiger partial charge is 0.480 e. The second-order valence-electron chi connectivity index (χ2n) is 3.30. The molecule has 7 heteroatoms. The zero-order valence-corrected chi connectivity index (χ0v) is 10.00. The van der Waals surface area contributed by atoms with Gasteiger partial charge in [0, 0.05) is 13.0 Å². The zero-order valence-electron chi connectivity index (χ0n) is 9.18. The highest BCUT2D eigenvalue weighted by molar-refractivity contribution is 7.98. The van der Waals surface area contributed by atoms with E-state index in [1.54, 1.807) is 11.8 Å². The average molecular weight is 250 g/mol. The van der Waals surface area contributed by atoms with Crippen molar-refractivity contribution >= 4 is 23.6 Å². The molecular weight excluding hydrogens is 232 g/mol. The minimum absolute atomic E-state index is 0.0175. The van der Waals surface area contributed by atoms with E-state index in [1.165, 1.54) is 0 Å². The Labute approximate surface area is 98.6 Å². The summed E-state index contributed by atoms with van der Waals surface area (Å²) >= 11 is 1.57. The minimum Gasteiger partial charge on any atom is -0.480 e. The Morgan fingerprint density at radius 2 is 2.06 bits per heavy atom. The van der Waals surface area contributed by atoms with Gasteiger partial charge in [0.25, 0.3) is 0 Å². The van der Waals surface area contributed by atoms with Crippen molar-refractivity contribution in [3.63, 3.8) is 0 Å². The van der Waals surface area contributed by atoms with Gasteiger partial charge >= 0.3 is 5.97 Å². The molecule has 0 aliphatic heterocycles. The van der Waals surface area contributed by atoms with Gasteiger partial charge in [-0.1, -0.05) is 0 Å². The molecule has 0 heterocycles. The van der Waals surface area contributed by atoms with Crippen LogP contribution in [0, 0.1) is 0 Å². The number of carboxylic acid groups (broad SMARTS) is 1. The summed E-state index contributed by atoms with van der Waals surface area (Å²) in [5, 5.41) is 19.7. The highest BCUT2D eigenvalue weighted by atomic mass is 32.2. The molecule has 0 spiro atoms. The lowest BCUT2D eigenvalue weighted by Gasteiger charge is -2.16. The van der Waals surface area contributed by atoms with Gasteiger partial charge in [0.2, 0.25) is 5.91 Å². The van der Waals surface area contributed by atoms with Crippen LogP contribution in [0.5, 0.6) is 0 Å². The standard InChI is InChI=1S/C9H18N2O4S/c1-16-5-3-6(10)8(13)11-7(2-4-12)9(14)15/h6-7,12H,2-5,10H2,1H3,(H,11,13)(H,14,15)/t6-,7+/m1/s1. The van der Waals surface area contributed by atoms with Gasteiger partial charge in [0.1, 0.15) is 6.04 Å². The Balaban J connectivity index is 4.12. The fourth-order valence-corrected chi connectivity index (χ4v) is 1.53. The first-order valence-electron chi connectivity index (χ1n) is 4.91. The molecule has 6 nitrogen and oxygen atoms in total. The fraction of sp³-hybridized carbons (Fsp3) is 0.778. The molecule has 0 aromatic rings. The summed E-state index contributed by atoms with van der Waals surface area (Å²) < 4.78 is 0. The Kier molecular flexibility index (Phi) is 7.96. The molecule has 0 radical (unpaired) electrons. The van der Waals surface area contributed by atoms with Gasteiger partial charge < -0.3 is 21.3 Å². The Morgan fingerprint density at radius 3 is 2.50 bits per heavy atom. The van der Waals surface area contributed by atoms with Gasteiger partial charge in [-0.25, -0.2) is 4.79 Å². The highest BCUT2D eigenvalue weighted by Gasteiger charge is 2.22. The van der Waals surface area contributed by atoms with Gasteiger partial charge in [-0.05, 0) is 18.4 Å². The van der Waals surface area contributed by atoms with Crippen molar-refractivity contribution in [3.05, 3.63) is 0 Å². The zero-order chi connectivity index (χ0) is 12.6. The number of thioether (sulfide) groups is 1. The van der Waals surface area contributed by atoms with Crippen molar-refractivity contribution in [2.24, 2.45) is 5.73 Å². The minimum atomic E-state index is -1.17. The number of hydrogen-bond acceptors (Lipinski definition) is 5. The van der Waals surface area contributed by atoms with Crippen molar-refractivity contribution in [2.45, 2.75) is 24.9 Å². The number of rotatable bonds is 8. The number of aliphatic hydroxyl groups is 1. The first-order valence-corrected chi connectivity index (χ1v) is 6.30. The van der Waals surface area contributed by atoms with Gasteiger partial charge in [-0.3, -0.25) is 4.79 Å². The number of aliphatic carboxylic acids is 1. The smallest absolute Gasteiger partial charge is 0.326 e. The predicted molar refractivity (Wildman–Crippen MR) is 62.2 cm³/mol. The third kappa shape index (κ3) is 5.94. The van der Waals surface area contributed by atoms with Crippen LogP contribution in [0.4, 0.5) is 0 Å². The molecule has 0 aliphatic carbocycles. The summed E-state index contributed by atoms with van der Waals surface area (Å²) in [6.07, 6.45) is 2.38. The van der Waals surface area contributed by atoms with Crippen LogP contribution >= 0.6 is 11.8 Å². The Morgan fingerprint density at radius 1 is 1.44 bits per heavy atom. The Bertz CT molecular complexity index is 238. The van der Waals surface area contributed by atoms with Crippen LogP contribution in [0.1, 0.15) is 12.8 Å². The summed E-state index contributed by atoms with van der Waals surface area (Å²) in [6, 6.07) is -1.77. The fourth-order valence-electron chi connectivity index (χ4n) is 1.04. The highest BCUT2D eigenvalue weighted by Crippen LogP contribution is 2.00. The average Bonchev–Trinajstić information content (AvgIpc) is 2.24. The van der Waals surface area contributed by atoms with Crippen LogP contribution in [0.3, 0.4) is 0 Å². The second-order valence-corrected chi connectivity index (χ2v) is 4.29. The molecule has 5 N–H and O–H groups in total. The normalized spacial score (nSPS) is 14.2. The molecule has 0 aliphatic rings. The quantitative estimate of drug-likeness (QED) is 0.440. The van der Waals surface area contributed by atoms with E-state index < -0.39 is 24.0 Å². The molecule has 16 heavy (non-hydrogen) atoms. The second kappa shape index (κ2) is 8.37. The first kappa shape index (κ1) is 15.2. The summed E-state index contributed by atoms with van der Waals surface area (Å²) in [7, 11) is 0. The maximum Gasteiger partial charge on any atom is 0.326 e. The number of carbonyl (C=O) groups is 2. The van der Waals surface area contributed by atoms with Crippen LogP contribution in [-0.4, -0.2) is 52.8 Å². The van der Waals surface area contributed by atoms with E-state index >= 15 is 0 Å². The topological polar surface area (TPSA) is 113 Å². The maximum atomic E-state index is 11.4. The van der Waals surface area contributed by atoms with Crippen LogP contribution in [0.2, 0.25) is 0 Å². The molecule has 0 bridgehead atoms. The lowest BCUT2D eigenvalue weighted by molar-refractivity contribution is -0.142. The SMILES string of the molecule is CSCC[C@@H](N)C(=O)N[C@@H](CCO)C(=O)O.